The summed E-state index contributed by atoms with van der Waals surface area (Å²) >= 11 is 5.23. The first-order chi connectivity index (χ1) is 12.6. The zero-order valence-corrected chi connectivity index (χ0v) is 17.1. The number of benzene rings is 2. The SMILES string of the molecule is CC(=O)Nc1cc(NC(=S)NC(=O)c2ccc(C(C)(C)C)cc2)ccc1C. The largest absolute Gasteiger partial charge is 0.332 e. The van der Waals surface area contributed by atoms with E-state index >= 15 is 0 Å². The van der Waals surface area contributed by atoms with Gasteiger partial charge in [-0.2, -0.15) is 0 Å². The Morgan fingerprint density at radius 3 is 2.15 bits per heavy atom. The zero-order valence-electron chi connectivity index (χ0n) is 16.3. The molecule has 0 aromatic heterocycles. The van der Waals surface area contributed by atoms with Gasteiger partial charge in [-0.1, -0.05) is 39.0 Å². The molecule has 2 aromatic rings. The van der Waals surface area contributed by atoms with Crippen molar-refractivity contribution >= 4 is 40.5 Å². The lowest BCUT2D eigenvalue weighted by Gasteiger charge is -2.19. The molecule has 0 spiro atoms. The summed E-state index contributed by atoms with van der Waals surface area (Å²) in [5, 5.41) is 8.59. The second kappa shape index (κ2) is 8.31. The van der Waals surface area contributed by atoms with Crippen LogP contribution in [0.3, 0.4) is 0 Å². The molecule has 0 saturated heterocycles. The molecule has 5 nitrogen and oxygen atoms in total. The molecule has 6 heteroatoms. The van der Waals surface area contributed by atoms with Gasteiger partial charge in [0.1, 0.15) is 0 Å². The summed E-state index contributed by atoms with van der Waals surface area (Å²) in [6.45, 7) is 9.72. The third kappa shape index (κ3) is 5.89. The number of hydrogen-bond donors (Lipinski definition) is 3. The molecule has 0 radical (unpaired) electrons. The molecule has 0 fully saturated rings. The maximum atomic E-state index is 12.4. The predicted molar refractivity (Wildman–Crippen MR) is 114 cm³/mol. The molecule has 0 saturated carbocycles. The molecule has 0 heterocycles. The Morgan fingerprint density at radius 1 is 0.963 bits per heavy atom. The summed E-state index contributed by atoms with van der Waals surface area (Å²) in [5.74, 6) is -0.424. The number of aryl methyl sites for hydroxylation is 1. The van der Waals surface area contributed by atoms with Gasteiger partial charge in [-0.15, -0.1) is 0 Å². The van der Waals surface area contributed by atoms with E-state index in [0.717, 1.165) is 11.1 Å². The van der Waals surface area contributed by atoms with Gasteiger partial charge >= 0.3 is 0 Å². The number of carbonyl (C=O) groups is 2. The molecule has 0 atom stereocenters. The summed E-state index contributed by atoms with van der Waals surface area (Å²) in [6, 6.07) is 12.9. The van der Waals surface area contributed by atoms with E-state index in [0.29, 0.717) is 16.9 Å². The monoisotopic (exact) mass is 383 g/mol. The van der Waals surface area contributed by atoms with Crippen molar-refractivity contribution in [2.24, 2.45) is 0 Å². The first kappa shape index (κ1) is 20.6. The number of amides is 2. The number of hydrogen-bond acceptors (Lipinski definition) is 3. The maximum absolute atomic E-state index is 12.4. The summed E-state index contributed by atoms with van der Waals surface area (Å²) in [5.41, 5.74) is 4.03. The molecule has 27 heavy (non-hydrogen) atoms. The maximum Gasteiger partial charge on any atom is 0.257 e. The third-order valence-corrected chi connectivity index (χ3v) is 4.25. The van der Waals surface area contributed by atoms with Crippen molar-refractivity contribution < 1.29 is 9.59 Å². The first-order valence-corrected chi connectivity index (χ1v) is 9.08. The van der Waals surface area contributed by atoms with Gasteiger partial charge in [-0.3, -0.25) is 14.9 Å². The van der Waals surface area contributed by atoms with Crippen molar-refractivity contribution in [3.05, 3.63) is 59.2 Å². The Labute approximate surface area is 165 Å². The number of anilines is 2. The van der Waals surface area contributed by atoms with Gasteiger partial charge in [0, 0.05) is 23.9 Å². The van der Waals surface area contributed by atoms with Crippen molar-refractivity contribution in [3.8, 4) is 0 Å². The molecule has 0 bridgehead atoms. The fraction of sp³-hybridized carbons (Fsp3) is 0.286. The highest BCUT2D eigenvalue weighted by Crippen LogP contribution is 2.22. The fourth-order valence-electron chi connectivity index (χ4n) is 2.48. The molecule has 2 amide bonds. The lowest BCUT2D eigenvalue weighted by molar-refractivity contribution is -0.114. The highest BCUT2D eigenvalue weighted by atomic mass is 32.1. The number of nitrogens with one attached hydrogen (secondary N) is 3. The van der Waals surface area contributed by atoms with Gasteiger partial charge in [-0.05, 0) is 59.9 Å². The second-order valence-electron chi connectivity index (χ2n) is 7.45. The second-order valence-corrected chi connectivity index (χ2v) is 7.85. The predicted octanol–water partition coefficient (Wildman–Crippen LogP) is 4.38. The van der Waals surface area contributed by atoms with E-state index in [9.17, 15) is 9.59 Å². The molecule has 0 aliphatic rings. The van der Waals surface area contributed by atoms with E-state index < -0.39 is 0 Å². The van der Waals surface area contributed by atoms with Crippen LogP contribution < -0.4 is 16.0 Å². The normalized spacial score (nSPS) is 10.9. The van der Waals surface area contributed by atoms with Crippen LogP contribution in [0.4, 0.5) is 11.4 Å². The topological polar surface area (TPSA) is 70.2 Å². The van der Waals surface area contributed by atoms with Crippen LogP contribution in [0.25, 0.3) is 0 Å². The molecule has 0 aliphatic heterocycles. The average Bonchev–Trinajstić information content (AvgIpc) is 2.56. The Morgan fingerprint density at radius 2 is 1.59 bits per heavy atom. The zero-order chi connectivity index (χ0) is 20.2. The number of carbonyl (C=O) groups excluding carboxylic acids is 2. The average molecular weight is 384 g/mol. The molecule has 2 rings (SSSR count). The lowest BCUT2D eigenvalue weighted by atomic mass is 9.87. The van der Waals surface area contributed by atoms with E-state index in [4.69, 9.17) is 12.2 Å². The summed E-state index contributed by atoms with van der Waals surface area (Å²) in [4.78, 5) is 23.6. The van der Waals surface area contributed by atoms with Crippen molar-refractivity contribution in [2.45, 2.75) is 40.0 Å². The lowest BCUT2D eigenvalue weighted by Crippen LogP contribution is -2.34. The Kier molecular flexibility index (Phi) is 6.33. The first-order valence-electron chi connectivity index (χ1n) is 8.67. The van der Waals surface area contributed by atoms with Crippen LogP contribution in [0, 0.1) is 6.92 Å². The standard InChI is InChI=1S/C21H25N3O2S/c1-13-6-11-17(12-18(13)22-14(2)25)23-20(27)24-19(26)15-7-9-16(10-8-15)21(3,4)5/h6-12H,1-5H3,(H,22,25)(H2,23,24,26,27). The molecule has 2 aromatic carbocycles. The van der Waals surface area contributed by atoms with Crippen molar-refractivity contribution in [3.63, 3.8) is 0 Å². The van der Waals surface area contributed by atoms with Gasteiger partial charge in [0.25, 0.3) is 5.91 Å². The number of thiocarbonyl (C=S) groups is 1. The Bertz CT molecular complexity index is 868. The van der Waals surface area contributed by atoms with Crippen LogP contribution in [0.2, 0.25) is 0 Å². The smallest absolute Gasteiger partial charge is 0.257 e. The van der Waals surface area contributed by atoms with Gasteiger partial charge < -0.3 is 10.6 Å². The van der Waals surface area contributed by atoms with Gasteiger partial charge in [0.2, 0.25) is 5.91 Å². The van der Waals surface area contributed by atoms with Crippen molar-refractivity contribution in [1.82, 2.24) is 5.32 Å². The summed E-state index contributed by atoms with van der Waals surface area (Å²) in [6.07, 6.45) is 0. The van der Waals surface area contributed by atoms with Crippen LogP contribution in [0.15, 0.2) is 42.5 Å². The quantitative estimate of drug-likeness (QED) is 0.688. The van der Waals surface area contributed by atoms with E-state index in [-0.39, 0.29) is 22.3 Å². The minimum atomic E-state index is -0.276. The summed E-state index contributed by atoms with van der Waals surface area (Å²) in [7, 11) is 0. The van der Waals surface area contributed by atoms with Crippen molar-refractivity contribution in [2.75, 3.05) is 10.6 Å². The number of rotatable bonds is 3. The fourth-order valence-corrected chi connectivity index (χ4v) is 2.69. The van der Waals surface area contributed by atoms with E-state index in [1.165, 1.54) is 6.92 Å². The van der Waals surface area contributed by atoms with Gasteiger partial charge in [0.05, 0.1) is 0 Å². The molecule has 0 aliphatic carbocycles. The van der Waals surface area contributed by atoms with Crippen LogP contribution in [0.5, 0.6) is 0 Å². The van der Waals surface area contributed by atoms with Gasteiger partial charge in [0.15, 0.2) is 5.11 Å². The molecule has 3 N–H and O–H groups in total. The molecule has 0 unspecified atom stereocenters. The van der Waals surface area contributed by atoms with Crippen LogP contribution in [-0.4, -0.2) is 16.9 Å². The third-order valence-electron chi connectivity index (χ3n) is 4.05. The van der Waals surface area contributed by atoms with Crippen molar-refractivity contribution in [1.29, 1.82) is 0 Å². The van der Waals surface area contributed by atoms with E-state index in [2.05, 4.69) is 36.7 Å². The molecule has 142 valence electrons. The summed E-state index contributed by atoms with van der Waals surface area (Å²) < 4.78 is 0. The highest BCUT2D eigenvalue weighted by Gasteiger charge is 2.15. The molecular weight excluding hydrogens is 358 g/mol. The van der Waals surface area contributed by atoms with E-state index in [1.54, 1.807) is 18.2 Å². The van der Waals surface area contributed by atoms with E-state index in [1.807, 2.05) is 31.2 Å². The van der Waals surface area contributed by atoms with Crippen LogP contribution in [0.1, 0.15) is 49.2 Å². The van der Waals surface area contributed by atoms with Crippen LogP contribution in [-0.2, 0) is 10.2 Å². The Balaban J connectivity index is 2.03. The molecular formula is C21H25N3O2S. The highest BCUT2D eigenvalue weighted by molar-refractivity contribution is 7.80. The minimum absolute atomic E-state index is 0.0307. The van der Waals surface area contributed by atoms with Crippen LogP contribution >= 0.6 is 12.2 Å². The van der Waals surface area contributed by atoms with Gasteiger partial charge in [-0.25, -0.2) is 0 Å². The minimum Gasteiger partial charge on any atom is -0.332 e. The Hall–Kier alpha value is -2.73.